The predicted octanol–water partition coefficient (Wildman–Crippen LogP) is 8.57. The van der Waals surface area contributed by atoms with Crippen LogP contribution in [0.1, 0.15) is 74.0 Å². The Bertz CT molecular complexity index is 1790. The first-order valence-corrected chi connectivity index (χ1v) is 18.3. The van der Waals surface area contributed by atoms with Crippen LogP contribution < -0.4 is 0 Å². The molecule has 0 spiro atoms. The van der Waals surface area contributed by atoms with Crippen molar-refractivity contribution >= 4 is 11.9 Å². The van der Waals surface area contributed by atoms with E-state index in [2.05, 4.69) is 21.9 Å². The Kier molecular flexibility index (Phi) is 12.3. The van der Waals surface area contributed by atoms with Gasteiger partial charge in [0.2, 0.25) is 0 Å². The number of hydrogen-bond acceptors (Lipinski definition) is 6. The third-order valence-corrected chi connectivity index (χ3v) is 10.5. The summed E-state index contributed by atoms with van der Waals surface area (Å²) in [5.41, 5.74) is 4.90. The van der Waals surface area contributed by atoms with Gasteiger partial charge in [0.1, 0.15) is 24.8 Å². The van der Waals surface area contributed by atoms with Crippen molar-refractivity contribution in [2.75, 3.05) is 52.5 Å². The van der Waals surface area contributed by atoms with Crippen LogP contribution in [0.3, 0.4) is 0 Å². The molecule has 0 N–H and O–H groups in total. The minimum Gasteiger partial charge on any atom is -0.464 e. The van der Waals surface area contributed by atoms with Crippen molar-refractivity contribution in [3.8, 4) is 22.3 Å². The number of halogens is 2. The molecule has 2 aliphatic heterocycles. The van der Waals surface area contributed by atoms with Gasteiger partial charge < -0.3 is 9.47 Å². The average molecular weight is 695 g/mol. The minimum absolute atomic E-state index is 0.252. The van der Waals surface area contributed by atoms with Gasteiger partial charge in [-0.25, -0.2) is 8.78 Å². The summed E-state index contributed by atoms with van der Waals surface area (Å²) in [6, 6.07) is 27.3. The number of rotatable bonds is 13. The zero-order chi connectivity index (χ0) is 35.7. The highest BCUT2D eigenvalue weighted by Crippen LogP contribution is 2.33. The van der Waals surface area contributed by atoms with Crippen molar-refractivity contribution < 1.29 is 27.8 Å². The molecule has 6 rings (SSSR count). The number of hydrogen-bond donors (Lipinski definition) is 0. The van der Waals surface area contributed by atoms with Gasteiger partial charge >= 0.3 is 11.9 Å². The molecule has 0 radical (unpaired) electrons. The number of carbonyl (C=O) groups is 2. The van der Waals surface area contributed by atoms with E-state index in [-0.39, 0.29) is 36.1 Å². The smallest absolute Gasteiger partial charge is 0.313 e. The van der Waals surface area contributed by atoms with E-state index in [0.717, 1.165) is 55.8 Å². The normalized spacial score (nSPS) is 17.9. The van der Waals surface area contributed by atoms with Gasteiger partial charge in [0, 0.05) is 30.8 Å². The van der Waals surface area contributed by atoms with Crippen LogP contribution in [0.15, 0.2) is 91.0 Å². The molecule has 0 aliphatic carbocycles. The Morgan fingerprint density at radius 1 is 0.667 bits per heavy atom. The molecule has 8 heteroatoms. The van der Waals surface area contributed by atoms with Crippen molar-refractivity contribution in [3.05, 3.63) is 119 Å². The third-order valence-electron chi connectivity index (χ3n) is 10.5. The molecule has 268 valence electrons. The number of piperidine rings is 1. The largest absolute Gasteiger partial charge is 0.464 e. The second-order valence-corrected chi connectivity index (χ2v) is 13.9. The maximum absolute atomic E-state index is 15.5. The van der Waals surface area contributed by atoms with Crippen LogP contribution in [0.5, 0.6) is 0 Å². The van der Waals surface area contributed by atoms with E-state index in [1.807, 2.05) is 48.5 Å². The first kappa shape index (κ1) is 36.4. The molecule has 2 heterocycles. The summed E-state index contributed by atoms with van der Waals surface area (Å²) in [5, 5.41) is 0. The standard InChI is InChI=1S/C43H48F2N2O4/c1-30(33-14-16-38(40(44)27-33)32-10-5-3-6-11-32)43(49)51-25-23-47-21-18-37(29-47)35-12-9-13-36(26-35)39-17-15-34(28-41(39)45)31(2)42(48)50-24-22-46-19-7-4-8-20-46/h3,5-6,9-17,26-28,30-31,37H,4,7-8,18-25,29H2,1-2H3/t30-,31-,37?/m1/s1. The van der Waals surface area contributed by atoms with Crippen molar-refractivity contribution in [2.45, 2.75) is 57.3 Å². The molecule has 6 nitrogen and oxygen atoms in total. The number of benzene rings is 4. The van der Waals surface area contributed by atoms with Crippen molar-refractivity contribution in [1.82, 2.24) is 9.80 Å². The van der Waals surface area contributed by atoms with Crippen LogP contribution in [-0.2, 0) is 19.1 Å². The van der Waals surface area contributed by atoms with E-state index in [4.69, 9.17) is 9.47 Å². The Labute approximate surface area is 300 Å². The fourth-order valence-electron chi connectivity index (χ4n) is 7.21. The highest BCUT2D eigenvalue weighted by Gasteiger charge is 2.26. The van der Waals surface area contributed by atoms with Crippen molar-refractivity contribution in [3.63, 3.8) is 0 Å². The van der Waals surface area contributed by atoms with Crippen LogP contribution in [0, 0.1) is 11.6 Å². The first-order chi connectivity index (χ1) is 24.8. The van der Waals surface area contributed by atoms with Gasteiger partial charge in [0.15, 0.2) is 0 Å². The number of likely N-dealkylation sites (tertiary alicyclic amines) is 2. The molecule has 0 saturated carbocycles. The number of esters is 2. The fraction of sp³-hybridized carbons (Fsp3) is 0.395. The highest BCUT2D eigenvalue weighted by atomic mass is 19.1. The summed E-state index contributed by atoms with van der Waals surface area (Å²) in [6.07, 6.45) is 4.58. The molecule has 0 amide bonds. The predicted molar refractivity (Wildman–Crippen MR) is 197 cm³/mol. The van der Waals surface area contributed by atoms with Crippen molar-refractivity contribution in [2.24, 2.45) is 0 Å². The van der Waals surface area contributed by atoms with E-state index < -0.39 is 11.8 Å². The van der Waals surface area contributed by atoms with Crippen LogP contribution >= 0.6 is 0 Å². The summed E-state index contributed by atoms with van der Waals surface area (Å²) in [5.74, 6) is -2.31. The lowest BCUT2D eigenvalue weighted by Gasteiger charge is -2.26. The molecule has 0 aromatic heterocycles. The van der Waals surface area contributed by atoms with Crippen LogP contribution in [0.25, 0.3) is 22.3 Å². The Morgan fingerprint density at radius 2 is 1.24 bits per heavy atom. The van der Waals surface area contributed by atoms with E-state index in [9.17, 15) is 14.0 Å². The molecule has 3 atom stereocenters. The van der Waals surface area contributed by atoms with Gasteiger partial charge in [0.05, 0.1) is 11.8 Å². The molecule has 2 saturated heterocycles. The average Bonchev–Trinajstić information content (AvgIpc) is 3.64. The number of nitrogens with zero attached hydrogens (tertiary/aromatic N) is 2. The molecule has 4 aromatic rings. The highest BCUT2D eigenvalue weighted by molar-refractivity contribution is 5.79. The molecule has 0 bridgehead atoms. The molecular formula is C43H48F2N2O4. The molecule has 4 aromatic carbocycles. The van der Waals surface area contributed by atoms with Gasteiger partial charge in [-0.05, 0) is 98.6 Å². The Morgan fingerprint density at radius 3 is 1.84 bits per heavy atom. The van der Waals surface area contributed by atoms with Gasteiger partial charge in [-0.3, -0.25) is 19.4 Å². The van der Waals surface area contributed by atoms with Crippen LogP contribution in [0.4, 0.5) is 8.78 Å². The summed E-state index contributed by atoms with van der Waals surface area (Å²) >= 11 is 0. The second-order valence-electron chi connectivity index (χ2n) is 13.9. The van der Waals surface area contributed by atoms with E-state index >= 15 is 4.39 Å². The van der Waals surface area contributed by atoms with E-state index in [1.54, 1.807) is 32.0 Å². The van der Waals surface area contributed by atoms with E-state index in [0.29, 0.717) is 35.4 Å². The lowest BCUT2D eigenvalue weighted by Crippen LogP contribution is -2.33. The van der Waals surface area contributed by atoms with E-state index in [1.165, 1.54) is 31.4 Å². The van der Waals surface area contributed by atoms with Gasteiger partial charge in [-0.2, -0.15) is 0 Å². The summed E-state index contributed by atoms with van der Waals surface area (Å²) in [6.45, 7) is 9.22. The Hall–Kier alpha value is -4.40. The van der Waals surface area contributed by atoms with Crippen LogP contribution in [0.2, 0.25) is 0 Å². The molecule has 1 unspecified atom stereocenters. The molecule has 2 fully saturated rings. The Balaban J connectivity index is 0.976. The zero-order valence-electron chi connectivity index (χ0n) is 29.7. The van der Waals surface area contributed by atoms with Gasteiger partial charge in [0.25, 0.3) is 0 Å². The molecule has 51 heavy (non-hydrogen) atoms. The van der Waals surface area contributed by atoms with Gasteiger partial charge in [-0.1, -0.05) is 85.3 Å². The first-order valence-electron chi connectivity index (χ1n) is 18.3. The number of carbonyl (C=O) groups excluding carboxylic acids is 2. The molecular weight excluding hydrogens is 646 g/mol. The lowest BCUT2D eigenvalue weighted by atomic mass is 9.93. The van der Waals surface area contributed by atoms with Gasteiger partial charge in [-0.15, -0.1) is 0 Å². The second kappa shape index (κ2) is 17.2. The fourth-order valence-corrected chi connectivity index (χ4v) is 7.21. The maximum atomic E-state index is 15.5. The SMILES string of the molecule is C[C@@H](C(=O)OCCN1CCCCC1)c1ccc(-c2cccc(C3CCN(CCOC(=O)[C@H](C)c4ccc(-c5ccccc5)c(F)c4)C3)c2)c(F)c1. The monoisotopic (exact) mass is 694 g/mol. The molecule has 2 aliphatic rings. The van der Waals surface area contributed by atoms with Crippen LogP contribution in [-0.4, -0.2) is 74.2 Å². The number of ether oxygens (including phenoxy) is 2. The third kappa shape index (κ3) is 9.29. The maximum Gasteiger partial charge on any atom is 0.313 e. The topological polar surface area (TPSA) is 59.1 Å². The minimum atomic E-state index is -0.584. The summed E-state index contributed by atoms with van der Waals surface area (Å²) in [4.78, 5) is 30.1. The summed E-state index contributed by atoms with van der Waals surface area (Å²) < 4.78 is 41.5. The van der Waals surface area contributed by atoms with Crippen molar-refractivity contribution in [1.29, 1.82) is 0 Å². The quantitative estimate of drug-likeness (QED) is 0.131. The zero-order valence-corrected chi connectivity index (χ0v) is 29.7. The lowest BCUT2D eigenvalue weighted by molar-refractivity contribution is -0.146. The summed E-state index contributed by atoms with van der Waals surface area (Å²) in [7, 11) is 0.